The molecule has 0 spiro atoms. The number of ether oxygens (including phenoxy) is 1. The number of nitrogens with zero attached hydrogens (tertiary/aromatic N) is 4. The zero-order valence-electron chi connectivity index (χ0n) is 14.7. The molecule has 7 nitrogen and oxygen atoms in total. The number of hydrogen-bond donors (Lipinski definition) is 0. The second-order valence-corrected chi connectivity index (χ2v) is 7.11. The first-order valence-electron chi connectivity index (χ1n) is 8.93. The van der Waals surface area contributed by atoms with Crippen molar-refractivity contribution in [1.29, 1.82) is 0 Å². The maximum absolute atomic E-state index is 12.7. The Hall–Kier alpha value is -2.15. The number of carbonyl (C=O) groups excluding carboxylic acids is 2. The van der Waals surface area contributed by atoms with E-state index in [9.17, 15) is 9.59 Å². The molecule has 4 rings (SSSR count). The Kier molecular flexibility index (Phi) is 4.11. The third kappa shape index (κ3) is 2.76. The van der Waals surface area contributed by atoms with E-state index < -0.39 is 0 Å². The molecule has 3 aliphatic heterocycles. The normalized spacial score (nSPS) is 27.4. The topological polar surface area (TPSA) is 66.0 Å². The highest BCUT2D eigenvalue weighted by molar-refractivity contribution is 6.05. The standard InChI is InChI=1S/C18H24N4O3/c1-12-4-3-5-16(19-12)20-8-6-13(7-9-20)22-17(23)15-10-14(25-2)11-21(15)18(22)24/h3-5,13-15H,6-11H2,1-2H3/t14-,15+/m1/s1. The van der Waals surface area contributed by atoms with Crippen LogP contribution in [0.25, 0.3) is 0 Å². The predicted molar refractivity (Wildman–Crippen MR) is 92.4 cm³/mol. The van der Waals surface area contributed by atoms with Gasteiger partial charge in [0.05, 0.1) is 6.10 Å². The summed E-state index contributed by atoms with van der Waals surface area (Å²) in [6, 6.07) is 5.54. The fourth-order valence-electron chi connectivity index (χ4n) is 4.20. The van der Waals surface area contributed by atoms with E-state index in [1.807, 2.05) is 25.1 Å². The zero-order valence-corrected chi connectivity index (χ0v) is 14.7. The third-order valence-electron chi connectivity index (χ3n) is 5.60. The van der Waals surface area contributed by atoms with Gasteiger partial charge in [0.1, 0.15) is 11.9 Å². The lowest BCUT2D eigenvalue weighted by Gasteiger charge is -2.36. The van der Waals surface area contributed by atoms with Gasteiger partial charge in [-0.1, -0.05) is 6.07 Å². The van der Waals surface area contributed by atoms with Crippen LogP contribution >= 0.6 is 0 Å². The predicted octanol–water partition coefficient (Wildman–Crippen LogP) is 1.41. The van der Waals surface area contributed by atoms with Crippen LogP contribution in [0.4, 0.5) is 10.6 Å². The fourth-order valence-corrected chi connectivity index (χ4v) is 4.20. The lowest BCUT2D eigenvalue weighted by molar-refractivity contribution is -0.130. The SMILES string of the molecule is CO[C@@H]1C[C@H]2C(=O)N(C3CCN(c4cccc(C)n4)CC3)C(=O)N2C1. The van der Waals surface area contributed by atoms with Gasteiger partial charge in [0.15, 0.2) is 0 Å². The molecule has 0 unspecified atom stereocenters. The monoisotopic (exact) mass is 344 g/mol. The summed E-state index contributed by atoms with van der Waals surface area (Å²) in [5.74, 6) is 0.928. The number of aromatic nitrogens is 1. The average molecular weight is 344 g/mol. The molecule has 2 atom stereocenters. The summed E-state index contributed by atoms with van der Waals surface area (Å²) in [4.78, 5) is 35.4. The van der Waals surface area contributed by atoms with Crippen LogP contribution in [0, 0.1) is 6.92 Å². The Labute approximate surface area is 147 Å². The Bertz CT molecular complexity index is 663. The van der Waals surface area contributed by atoms with E-state index >= 15 is 0 Å². The van der Waals surface area contributed by atoms with Crippen molar-refractivity contribution in [2.75, 3.05) is 31.6 Å². The van der Waals surface area contributed by atoms with Crippen molar-refractivity contribution in [3.63, 3.8) is 0 Å². The summed E-state index contributed by atoms with van der Waals surface area (Å²) in [5, 5.41) is 0. The van der Waals surface area contributed by atoms with Gasteiger partial charge < -0.3 is 14.5 Å². The second-order valence-electron chi connectivity index (χ2n) is 7.11. The van der Waals surface area contributed by atoms with Crippen LogP contribution < -0.4 is 4.90 Å². The molecule has 3 fully saturated rings. The van der Waals surface area contributed by atoms with Crippen LogP contribution in [-0.4, -0.2) is 71.7 Å². The maximum atomic E-state index is 12.7. The Balaban J connectivity index is 1.42. The van der Waals surface area contributed by atoms with Crippen LogP contribution in [0.3, 0.4) is 0 Å². The number of urea groups is 1. The van der Waals surface area contributed by atoms with Gasteiger partial charge in [0.25, 0.3) is 5.91 Å². The molecule has 4 heterocycles. The first-order valence-corrected chi connectivity index (χ1v) is 8.93. The Morgan fingerprint density at radius 1 is 1.20 bits per heavy atom. The number of pyridine rings is 1. The van der Waals surface area contributed by atoms with Crippen LogP contribution in [0.1, 0.15) is 25.0 Å². The molecule has 0 saturated carbocycles. The Morgan fingerprint density at radius 3 is 2.60 bits per heavy atom. The lowest BCUT2D eigenvalue weighted by Crippen LogP contribution is -2.49. The lowest BCUT2D eigenvalue weighted by atomic mass is 10.0. The first-order chi connectivity index (χ1) is 12.1. The molecule has 7 heteroatoms. The summed E-state index contributed by atoms with van der Waals surface area (Å²) in [7, 11) is 1.63. The van der Waals surface area contributed by atoms with Gasteiger partial charge in [-0.15, -0.1) is 0 Å². The number of hydrogen-bond acceptors (Lipinski definition) is 5. The van der Waals surface area contributed by atoms with Crippen molar-refractivity contribution >= 4 is 17.8 Å². The van der Waals surface area contributed by atoms with Crippen molar-refractivity contribution in [2.24, 2.45) is 0 Å². The van der Waals surface area contributed by atoms with Crippen LogP contribution in [0.5, 0.6) is 0 Å². The molecule has 0 aromatic carbocycles. The molecule has 0 N–H and O–H groups in total. The van der Waals surface area contributed by atoms with E-state index in [4.69, 9.17) is 4.74 Å². The number of anilines is 1. The van der Waals surface area contributed by atoms with Gasteiger partial charge >= 0.3 is 6.03 Å². The van der Waals surface area contributed by atoms with Gasteiger partial charge in [-0.3, -0.25) is 9.69 Å². The van der Waals surface area contributed by atoms with E-state index in [1.54, 1.807) is 12.0 Å². The highest BCUT2D eigenvalue weighted by atomic mass is 16.5. The molecule has 0 bridgehead atoms. The van der Waals surface area contributed by atoms with Crippen molar-refractivity contribution in [3.8, 4) is 0 Å². The minimum Gasteiger partial charge on any atom is -0.380 e. The molecule has 1 aromatic rings. The number of rotatable bonds is 3. The van der Waals surface area contributed by atoms with Gasteiger partial charge in [0.2, 0.25) is 0 Å². The van der Waals surface area contributed by atoms with Crippen LogP contribution in [0.15, 0.2) is 18.2 Å². The van der Waals surface area contributed by atoms with Crippen LogP contribution in [0.2, 0.25) is 0 Å². The van der Waals surface area contributed by atoms with Crippen molar-refractivity contribution < 1.29 is 14.3 Å². The molecule has 0 radical (unpaired) electrons. The minimum atomic E-state index is -0.325. The van der Waals surface area contributed by atoms with Gasteiger partial charge in [0, 0.05) is 44.9 Å². The van der Waals surface area contributed by atoms with Crippen molar-refractivity contribution in [3.05, 3.63) is 23.9 Å². The third-order valence-corrected chi connectivity index (χ3v) is 5.60. The number of methoxy groups -OCH3 is 1. The zero-order chi connectivity index (χ0) is 17.6. The maximum Gasteiger partial charge on any atom is 0.327 e. The molecule has 3 saturated heterocycles. The highest BCUT2D eigenvalue weighted by Gasteiger charge is 2.52. The number of imide groups is 1. The highest BCUT2D eigenvalue weighted by Crippen LogP contribution is 2.33. The summed E-state index contributed by atoms with van der Waals surface area (Å²) in [5.41, 5.74) is 0.998. The number of piperidine rings is 1. The Morgan fingerprint density at radius 2 is 1.96 bits per heavy atom. The number of fused-ring (bicyclic) bond motifs is 1. The average Bonchev–Trinajstić information content (AvgIpc) is 3.15. The van der Waals surface area contributed by atoms with Crippen molar-refractivity contribution in [2.45, 2.75) is 44.4 Å². The fraction of sp³-hybridized carbons (Fsp3) is 0.611. The number of carbonyl (C=O) groups is 2. The van der Waals surface area contributed by atoms with Gasteiger partial charge in [-0.25, -0.2) is 9.78 Å². The van der Waals surface area contributed by atoms with E-state index in [0.29, 0.717) is 13.0 Å². The summed E-state index contributed by atoms with van der Waals surface area (Å²) in [6.45, 7) is 4.12. The molecule has 0 aliphatic carbocycles. The molecule has 3 aliphatic rings. The van der Waals surface area contributed by atoms with Crippen LogP contribution in [-0.2, 0) is 9.53 Å². The number of amides is 3. The van der Waals surface area contributed by atoms with E-state index in [1.165, 1.54) is 4.90 Å². The van der Waals surface area contributed by atoms with Gasteiger partial charge in [-0.2, -0.15) is 0 Å². The largest absolute Gasteiger partial charge is 0.380 e. The van der Waals surface area contributed by atoms with E-state index in [-0.39, 0.29) is 30.1 Å². The molecule has 3 amide bonds. The number of aryl methyl sites for hydroxylation is 1. The van der Waals surface area contributed by atoms with Gasteiger partial charge in [-0.05, 0) is 31.9 Å². The van der Waals surface area contributed by atoms with E-state index in [0.717, 1.165) is 37.4 Å². The molecular formula is C18H24N4O3. The smallest absolute Gasteiger partial charge is 0.327 e. The minimum absolute atomic E-state index is 0.00680. The molecule has 1 aromatic heterocycles. The summed E-state index contributed by atoms with van der Waals surface area (Å²) in [6.07, 6.45) is 2.18. The van der Waals surface area contributed by atoms with E-state index in [2.05, 4.69) is 9.88 Å². The summed E-state index contributed by atoms with van der Waals surface area (Å²) >= 11 is 0. The quantitative estimate of drug-likeness (QED) is 0.776. The first kappa shape index (κ1) is 16.3. The second kappa shape index (κ2) is 6.29. The molecule has 134 valence electrons. The van der Waals surface area contributed by atoms with Crippen molar-refractivity contribution in [1.82, 2.24) is 14.8 Å². The molecular weight excluding hydrogens is 320 g/mol. The summed E-state index contributed by atoms with van der Waals surface area (Å²) < 4.78 is 5.32. The molecule has 25 heavy (non-hydrogen) atoms.